The largest absolute Gasteiger partial charge is 0.508 e. The third kappa shape index (κ3) is 3.39. The van der Waals surface area contributed by atoms with Gasteiger partial charge in [-0.1, -0.05) is 6.42 Å². The van der Waals surface area contributed by atoms with Crippen molar-refractivity contribution in [3.8, 4) is 11.5 Å². The van der Waals surface area contributed by atoms with Crippen molar-refractivity contribution < 1.29 is 9.84 Å². The second-order valence-electron chi connectivity index (χ2n) is 5.39. The number of likely N-dealkylation sites (tertiary alicyclic amines) is 1. The molecule has 2 unspecified atom stereocenters. The van der Waals surface area contributed by atoms with Crippen LogP contribution in [0.2, 0.25) is 0 Å². The van der Waals surface area contributed by atoms with Gasteiger partial charge in [-0.05, 0) is 44.5 Å². The quantitative estimate of drug-likeness (QED) is 0.874. The van der Waals surface area contributed by atoms with Gasteiger partial charge in [0.25, 0.3) is 0 Å². The Balaban J connectivity index is 2.14. The van der Waals surface area contributed by atoms with Crippen LogP contribution in [-0.4, -0.2) is 35.7 Å². The maximum atomic E-state index is 9.97. The third-order valence-electron chi connectivity index (χ3n) is 3.93. The molecule has 1 heterocycles. The predicted molar refractivity (Wildman–Crippen MR) is 76.4 cm³/mol. The van der Waals surface area contributed by atoms with Gasteiger partial charge in [0.1, 0.15) is 11.5 Å². The number of nitrogens with two attached hydrogens (primary N) is 1. The lowest BCUT2D eigenvalue weighted by Gasteiger charge is -2.38. The minimum atomic E-state index is 0.160. The molecule has 1 fully saturated rings. The zero-order chi connectivity index (χ0) is 13.8. The molecular weight excluding hydrogens is 240 g/mol. The normalized spacial score (nSPS) is 22.2. The number of methoxy groups -OCH3 is 1. The van der Waals surface area contributed by atoms with E-state index in [9.17, 15) is 5.11 Å². The van der Waals surface area contributed by atoms with Gasteiger partial charge in [0.05, 0.1) is 7.11 Å². The molecular formula is C15H24N2O2. The zero-order valence-corrected chi connectivity index (χ0v) is 11.8. The van der Waals surface area contributed by atoms with Crippen molar-refractivity contribution in [3.05, 3.63) is 23.8 Å². The summed E-state index contributed by atoms with van der Waals surface area (Å²) in [6, 6.07) is 5.94. The highest BCUT2D eigenvalue weighted by molar-refractivity contribution is 5.39. The van der Waals surface area contributed by atoms with Crippen molar-refractivity contribution in [1.82, 2.24) is 4.90 Å². The number of ether oxygens (including phenoxy) is 1. The second-order valence-corrected chi connectivity index (χ2v) is 5.39. The lowest BCUT2D eigenvalue weighted by atomic mass is 9.96. The van der Waals surface area contributed by atoms with Gasteiger partial charge in [0, 0.05) is 24.2 Å². The van der Waals surface area contributed by atoms with E-state index in [1.54, 1.807) is 19.2 Å². The van der Waals surface area contributed by atoms with Crippen LogP contribution in [0.15, 0.2) is 18.2 Å². The zero-order valence-electron chi connectivity index (χ0n) is 11.8. The minimum Gasteiger partial charge on any atom is -0.508 e. The molecule has 4 nitrogen and oxygen atoms in total. The first-order valence-electron chi connectivity index (χ1n) is 6.97. The Morgan fingerprint density at radius 1 is 1.47 bits per heavy atom. The van der Waals surface area contributed by atoms with Crippen LogP contribution in [0.25, 0.3) is 0 Å². The summed E-state index contributed by atoms with van der Waals surface area (Å²) in [7, 11) is 1.64. The Morgan fingerprint density at radius 2 is 2.26 bits per heavy atom. The summed E-state index contributed by atoms with van der Waals surface area (Å²) in [5, 5.41) is 9.97. The van der Waals surface area contributed by atoms with E-state index in [-0.39, 0.29) is 6.04 Å². The van der Waals surface area contributed by atoms with Gasteiger partial charge in [-0.3, -0.25) is 4.90 Å². The molecule has 1 saturated heterocycles. The number of nitrogens with zero attached hydrogens (tertiary/aromatic N) is 1. The molecule has 0 saturated carbocycles. The molecule has 106 valence electrons. The lowest BCUT2D eigenvalue weighted by Crippen LogP contribution is -2.48. The summed E-state index contributed by atoms with van der Waals surface area (Å²) in [4.78, 5) is 2.38. The predicted octanol–water partition coefficient (Wildman–Crippen LogP) is 2.10. The first kappa shape index (κ1) is 14.2. The van der Waals surface area contributed by atoms with Crippen molar-refractivity contribution >= 4 is 0 Å². The number of hydrogen-bond donors (Lipinski definition) is 2. The summed E-state index contributed by atoms with van der Waals surface area (Å²) in [5.41, 5.74) is 6.99. The van der Waals surface area contributed by atoms with Gasteiger partial charge in [-0.2, -0.15) is 0 Å². The Hall–Kier alpha value is -1.26. The molecule has 0 aliphatic carbocycles. The average molecular weight is 264 g/mol. The number of rotatable bonds is 4. The molecule has 1 aliphatic rings. The van der Waals surface area contributed by atoms with Crippen molar-refractivity contribution in [3.63, 3.8) is 0 Å². The fourth-order valence-electron chi connectivity index (χ4n) is 2.84. The van der Waals surface area contributed by atoms with Crippen LogP contribution < -0.4 is 10.5 Å². The summed E-state index contributed by atoms with van der Waals surface area (Å²) < 4.78 is 5.22. The van der Waals surface area contributed by atoms with Crippen LogP contribution in [0.5, 0.6) is 11.5 Å². The molecule has 2 atom stereocenters. The number of hydrogen-bond acceptors (Lipinski definition) is 4. The van der Waals surface area contributed by atoms with E-state index in [1.807, 2.05) is 6.07 Å². The molecule has 0 radical (unpaired) electrons. The van der Waals surface area contributed by atoms with Crippen molar-refractivity contribution in [2.24, 2.45) is 5.73 Å². The molecule has 0 bridgehead atoms. The second kappa shape index (κ2) is 6.26. The van der Waals surface area contributed by atoms with Gasteiger partial charge in [-0.15, -0.1) is 0 Å². The molecule has 2 rings (SSSR count). The molecule has 4 heteroatoms. The SMILES string of the molecule is COc1ccc(O)c(CN2CCCCC2C(C)N)c1. The topological polar surface area (TPSA) is 58.7 Å². The molecule has 1 aromatic rings. The number of phenolic OH excluding ortho intramolecular Hbond substituents is 1. The van der Waals surface area contributed by atoms with Gasteiger partial charge in [0.15, 0.2) is 0 Å². The summed E-state index contributed by atoms with van der Waals surface area (Å²) in [6.07, 6.45) is 3.59. The van der Waals surface area contributed by atoms with Gasteiger partial charge in [-0.25, -0.2) is 0 Å². The van der Waals surface area contributed by atoms with Gasteiger partial charge >= 0.3 is 0 Å². The Morgan fingerprint density at radius 3 is 2.95 bits per heavy atom. The van der Waals surface area contributed by atoms with E-state index in [2.05, 4.69) is 11.8 Å². The van der Waals surface area contributed by atoms with E-state index in [0.717, 1.165) is 30.8 Å². The fourth-order valence-corrected chi connectivity index (χ4v) is 2.84. The number of aromatic hydroxyl groups is 1. The van der Waals surface area contributed by atoms with Crippen LogP contribution in [0, 0.1) is 0 Å². The average Bonchev–Trinajstić information content (AvgIpc) is 2.41. The maximum absolute atomic E-state index is 9.97. The molecule has 0 spiro atoms. The van der Waals surface area contributed by atoms with E-state index >= 15 is 0 Å². The Labute approximate surface area is 115 Å². The van der Waals surface area contributed by atoms with Gasteiger partial charge < -0.3 is 15.6 Å². The Kier molecular flexibility index (Phi) is 4.66. The molecule has 1 aliphatic heterocycles. The summed E-state index contributed by atoms with van der Waals surface area (Å²) in [6.45, 7) is 3.84. The first-order chi connectivity index (χ1) is 9.11. The lowest BCUT2D eigenvalue weighted by molar-refractivity contribution is 0.122. The smallest absolute Gasteiger partial charge is 0.120 e. The molecule has 1 aromatic carbocycles. The molecule has 3 N–H and O–H groups in total. The van der Waals surface area contributed by atoms with Crippen LogP contribution >= 0.6 is 0 Å². The Bertz CT molecular complexity index is 421. The van der Waals surface area contributed by atoms with Crippen LogP contribution in [0.4, 0.5) is 0 Å². The highest BCUT2D eigenvalue weighted by atomic mass is 16.5. The highest BCUT2D eigenvalue weighted by Gasteiger charge is 2.25. The number of benzene rings is 1. The summed E-state index contributed by atoms with van der Waals surface area (Å²) in [5.74, 6) is 1.11. The standard InChI is InChI=1S/C15H24N2O2/c1-11(16)14-5-3-4-8-17(14)10-12-9-13(19-2)6-7-15(12)18/h6-7,9,11,14,18H,3-5,8,10,16H2,1-2H3. The molecule has 0 amide bonds. The van der Waals surface area contributed by atoms with E-state index in [4.69, 9.17) is 10.5 Å². The van der Waals surface area contributed by atoms with E-state index in [1.165, 1.54) is 12.8 Å². The van der Waals surface area contributed by atoms with E-state index < -0.39 is 0 Å². The van der Waals surface area contributed by atoms with Crippen LogP contribution in [-0.2, 0) is 6.54 Å². The molecule has 0 aromatic heterocycles. The number of phenols is 1. The summed E-state index contributed by atoms with van der Waals surface area (Å²) >= 11 is 0. The minimum absolute atomic E-state index is 0.160. The van der Waals surface area contributed by atoms with E-state index in [0.29, 0.717) is 11.8 Å². The van der Waals surface area contributed by atoms with Crippen molar-refractivity contribution in [1.29, 1.82) is 0 Å². The first-order valence-corrected chi connectivity index (χ1v) is 6.97. The highest BCUT2D eigenvalue weighted by Crippen LogP contribution is 2.27. The molecule has 19 heavy (non-hydrogen) atoms. The third-order valence-corrected chi connectivity index (χ3v) is 3.93. The van der Waals surface area contributed by atoms with Crippen LogP contribution in [0.3, 0.4) is 0 Å². The van der Waals surface area contributed by atoms with Crippen molar-refractivity contribution in [2.75, 3.05) is 13.7 Å². The van der Waals surface area contributed by atoms with Gasteiger partial charge in [0.2, 0.25) is 0 Å². The maximum Gasteiger partial charge on any atom is 0.120 e. The number of piperidine rings is 1. The van der Waals surface area contributed by atoms with Crippen LogP contribution in [0.1, 0.15) is 31.7 Å². The monoisotopic (exact) mass is 264 g/mol. The fraction of sp³-hybridized carbons (Fsp3) is 0.600. The van der Waals surface area contributed by atoms with Crippen molar-refractivity contribution in [2.45, 2.75) is 44.8 Å².